The summed E-state index contributed by atoms with van der Waals surface area (Å²) in [6.07, 6.45) is 1.58. The molecule has 0 saturated heterocycles. The zero-order valence-electron chi connectivity index (χ0n) is 13.4. The van der Waals surface area contributed by atoms with Crippen LogP contribution >= 0.6 is 0 Å². The van der Waals surface area contributed by atoms with E-state index in [9.17, 15) is 9.59 Å². The molecule has 1 unspecified atom stereocenters. The predicted molar refractivity (Wildman–Crippen MR) is 79.8 cm³/mol. The average Bonchev–Trinajstić information content (AvgIpc) is 2.77. The number of nitrogens with one attached hydrogen (secondary N) is 3. The number of carbonyl (C=O) groups is 2. The van der Waals surface area contributed by atoms with Crippen molar-refractivity contribution in [3.8, 4) is 0 Å². The minimum atomic E-state index is -0.257. The second-order valence-corrected chi connectivity index (χ2v) is 6.41. The van der Waals surface area contributed by atoms with Crippen molar-refractivity contribution in [2.45, 2.75) is 39.3 Å². The van der Waals surface area contributed by atoms with Crippen molar-refractivity contribution in [1.29, 1.82) is 0 Å². The Balaban J connectivity index is 2.35. The Morgan fingerprint density at radius 3 is 2.43 bits per heavy atom. The van der Waals surface area contributed by atoms with Crippen molar-refractivity contribution in [2.24, 2.45) is 0 Å². The van der Waals surface area contributed by atoms with E-state index in [-0.39, 0.29) is 36.5 Å². The molecule has 0 bridgehead atoms. The lowest BCUT2D eigenvalue weighted by Gasteiger charge is -2.22. The first-order valence-electron chi connectivity index (χ1n) is 7.12. The molecule has 2 amide bonds. The molecule has 1 heterocycles. The Kier molecular flexibility index (Phi) is 5.96. The van der Waals surface area contributed by atoms with E-state index >= 15 is 0 Å². The van der Waals surface area contributed by atoms with Crippen LogP contribution in [-0.4, -0.2) is 37.5 Å². The largest absolute Gasteiger partial charge is 0.467 e. The third kappa shape index (κ3) is 6.94. The van der Waals surface area contributed by atoms with Gasteiger partial charge in [-0.15, -0.1) is 0 Å². The summed E-state index contributed by atoms with van der Waals surface area (Å²) in [6.45, 7) is 8.15. The smallest absolute Gasteiger partial charge is 0.275 e. The van der Waals surface area contributed by atoms with E-state index in [0.717, 1.165) is 4.90 Å². The van der Waals surface area contributed by atoms with Crippen LogP contribution in [0.5, 0.6) is 0 Å². The zero-order chi connectivity index (χ0) is 16.0. The normalized spacial score (nSPS) is 14.3. The number of carbonyl (C=O) groups excluding carboxylic acids is 2. The van der Waals surface area contributed by atoms with E-state index in [1.165, 1.54) is 0 Å². The van der Waals surface area contributed by atoms with Crippen LogP contribution < -0.4 is 15.5 Å². The maximum Gasteiger partial charge on any atom is 0.275 e. The van der Waals surface area contributed by atoms with E-state index in [1.54, 1.807) is 12.3 Å². The van der Waals surface area contributed by atoms with E-state index in [0.29, 0.717) is 5.76 Å². The van der Waals surface area contributed by atoms with Crippen LogP contribution in [0.15, 0.2) is 22.8 Å². The van der Waals surface area contributed by atoms with Crippen molar-refractivity contribution in [3.05, 3.63) is 24.2 Å². The third-order valence-electron chi connectivity index (χ3n) is 2.79. The van der Waals surface area contributed by atoms with Crippen molar-refractivity contribution in [3.63, 3.8) is 0 Å². The zero-order valence-corrected chi connectivity index (χ0v) is 13.4. The molecule has 3 N–H and O–H groups in total. The van der Waals surface area contributed by atoms with Crippen molar-refractivity contribution in [1.82, 2.24) is 10.6 Å². The topological polar surface area (TPSA) is 75.8 Å². The summed E-state index contributed by atoms with van der Waals surface area (Å²) < 4.78 is 5.23. The van der Waals surface area contributed by atoms with E-state index in [2.05, 4.69) is 10.6 Å². The third-order valence-corrected chi connectivity index (χ3v) is 2.79. The highest BCUT2D eigenvalue weighted by atomic mass is 16.3. The summed E-state index contributed by atoms with van der Waals surface area (Å²) in [6, 6.07) is 3.42. The molecule has 2 atom stereocenters. The number of hydrogen-bond donors (Lipinski definition) is 3. The van der Waals surface area contributed by atoms with Crippen LogP contribution in [-0.2, 0) is 9.59 Å². The summed E-state index contributed by atoms with van der Waals surface area (Å²) in [5.41, 5.74) is -0.257. The van der Waals surface area contributed by atoms with Gasteiger partial charge in [0, 0.05) is 5.54 Å². The first kappa shape index (κ1) is 17.2. The lowest BCUT2D eigenvalue weighted by Crippen LogP contribution is -3.11. The number of furan rings is 1. The lowest BCUT2D eigenvalue weighted by atomic mass is 10.1. The van der Waals surface area contributed by atoms with Gasteiger partial charge in [0.15, 0.2) is 13.1 Å². The fourth-order valence-electron chi connectivity index (χ4n) is 1.97. The Hall–Kier alpha value is -1.82. The minimum Gasteiger partial charge on any atom is -0.467 e. The summed E-state index contributed by atoms with van der Waals surface area (Å²) >= 11 is 0. The summed E-state index contributed by atoms with van der Waals surface area (Å²) in [4.78, 5) is 24.5. The standard InChI is InChI=1S/C15H25N3O3/c1-11(12-7-6-8-21-12)16-13(19)9-18(5)10-14(20)17-15(2,3)4/h6-8,11H,9-10H2,1-5H3,(H,16,19)(H,17,20)/p+1/t11-/m1/s1. The molecule has 0 spiro atoms. The Morgan fingerprint density at radius 1 is 1.29 bits per heavy atom. The SMILES string of the molecule is C[C@@H](NC(=O)C[NH+](C)CC(=O)NC(C)(C)C)c1ccco1. The van der Waals surface area contributed by atoms with Gasteiger partial charge >= 0.3 is 0 Å². The number of quaternary nitrogens is 1. The molecule has 118 valence electrons. The molecule has 6 nitrogen and oxygen atoms in total. The van der Waals surface area contributed by atoms with Crippen molar-refractivity contribution in [2.75, 3.05) is 20.1 Å². The average molecular weight is 296 g/mol. The summed E-state index contributed by atoms with van der Waals surface area (Å²) in [5, 5.41) is 5.73. The van der Waals surface area contributed by atoms with Gasteiger partial charge in [0.2, 0.25) is 0 Å². The molecule has 6 heteroatoms. The van der Waals surface area contributed by atoms with Gasteiger partial charge in [0.05, 0.1) is 19.4 Å². The van der Waals surface area contributed by atoms with Gasteiger partial charge in [0.1, 0.15) is 5.76 Å². The minimum absolute atomic E-state index is 0.0631. The molecule has 0 aliphatic carbocycles. The highest BCUT2D eigenvalue weighted by Crippen LogP contribution is 2.11. The van der Waals surface area contributed by atoms with Crippen molar-refractivity contribution < 1.29 is 18.9 Å². The molecule has 1 aromatic rings. The second kappa shape index (κ2) is 7.26. The van der Waals surface area contributed by atoms with Crippen LogP contribution in [0, 0.1) is 0 Å². The first-order chi connectivity index (χ1) is 9.67. The molecular formula is C15H26N3O3+. The van der Waals surface area contributed by atoms with Gasteiger partial charge in [-0.3, -0.25) is 9.59 Å². The fourth-order valence-corrected chi connectivity index (χ4v) is 1.97. The summed E-state index contributed by atoms with van der Waals surface area (Å²) in [7, 11) is 1.82. The number of likely N-dealkylation sites (N-methyl/N-ethyl adjacent to an activating group) is 1. The Labute approximate surface area is 125 Å². The van der Waals surface area contributed by atoms with Crippen LogP contribution in [0.3, 0.4) is 0 Å². The van der Waals surface area contributed by atoms with Crippen LogP contribution in [0.4, 0.5) is 0 Å². The quantitative estimate of drug-likeness (QED) is 0.685. The second-order valence-electron chi connectivity index (χ2n) is 6.41. The summed E-state index contributed by atoms with van der Waals surface area (Å²) in [5.74, 6) is 0.540. The molecule has 0 aliphatic heterocycles. The first-order valence-corrected chi connectivity index (χ1v) is 7.12. The van der Waals surface area contributed by atoms with Gasteiger partial charge < -0.3 is 20.0 Å². The molecule has 0 radical (unpaired) electrons. The van der Waals surface area contributed by atoms with Gasteiger partial charge in [-0.2, -0.15) is 0 Å². The van der Waals surface area contributed by atoms with Crippen molar-refractivity contribution >= 4 is 11.8 Å². The van der Waals surface area contributed by atoms with Crippen LogP contribution in [0.25, 0.3) is 0 Å². The van der Waals surface area contributed by atoms with E-state index in [1.807, 2.05) is 40.8 Å². The van der Waals surface area contributed by atoms with Crippen LogP contribution in [0.2, 0.25) is 0 Å². The molecule has 0 fully saturated rings. The molecule has 1 aromatic heterocycles. The van der Waals surface area contributed by atoms with Gasteiger partial charge in [-0.25, -0.2) is 0 Å². The Bertz CT molecular complexity index is 463. The highest BCUT2D eigenvalue weighted by Gasteiger charge is 2.20. The van der Waals surface area contributed by atoms with Crippen LogP contribution in [0.1, 0.15) is 39.5 Å². The molecule has 21 heavy (non-hydrogen) atoms. The number of amides is 2. The predicted octanol–water partition coefficient (Wildman–Crippen LogP) is -0.114. The van der Waals surface area contributed by atoms with E-state index in [4.69, 9.17) is 4.42 Å². The monoisotopic (exact) mass is 296 g/mol. The van der Waals surface area contributed by atoms with Gasteiger partial charge in [-0.1, -0.05) is 0 Å². The molecule has 0 aliphatic rings. The maximum atomic E-state index is 11.9. The number of rotatable bonds is 6. The fraction of sp³-hybridized carbons (Fsp3) is 0.600. The molecule has 0 aromatic carbocycles. The Morgan fingerprint density at radius 2 is 1.90 bits per heavy atom. The van der Waals surface area contributed by atoms with E-state index < -0.39 is 0 Å². The molecule has 1 rings (SSSR count). The maximum absolute atomic E-state index is 11.9. The lowest BCUT2D eigenvalue weighted by molar-refractivity contribution is -0.862. The van der Waals surface area contributed by atoms with Gasteiger partial charge in [-0.05, 0) is 39.8 Å². The van der Waals surface area contributed by atoms with Gasteiger partial charge in [0.25, 0.3) is 11.8 Å². The molecule has 0 saturated carbocycles. The molecular weight excluding hydrogens is 270 g/mol. The highest BCUT2D eigenvalue weighted by molar-refractivity contribution is 5.79. The number of hydrogen-bond acceptors (Lipinski definition) is 3.